The number of hydrogen-bond acceptors (Lipinski definition) is 3. The molecule has 1 saturated heterocycles. The van der Waals surface area contributed by atoms with Gasteiger partial charge in [-0.3, -0.25) is 9.89 Å². The monoisotopic (exact) mass is 472 g/mol. The molecular weight excluding hydrogens is 439 g/mol. The van der Waals surface area contributed by atoms with Crippen LogP contribution in [0.5, 0.6) is 0 Å². The molecule has 3 rings (SSSR count). The lowest BCUT2D eigenvalue weighted by atomic mass is 10.1. The van der Waals surface area contributed by atoms with Crippen molar-refractivity contribution in [1.29, 1.82) is 0 Å². The molecule has 0 amide bonds. The van der Waals surface area contributed by atoms with Crippen LogP contribution in [-0.4, -0.2) is 50.2 Å². The zero-order valence-electron chi connectivity index (χ0n) is 16.0. The number of likely N-dealkylation sites (tertiary alicyclic amines) is 1. The Kier molecular flexibility index (Phi) is 9.15. The van der Waals surface area contributed by atoms with E-state index >= 15 is 0 Å². The van der Waals surface area contributed by atoms with E-state index in [9.17, 15) is 0 Å². The van der Waals surface area contributed by atoms with Gasteiger partial charge in [0.15, 0.2) is 5.96 Å². The Hall–Kier alpha value is -0.860. The van der Waals surface area contributed by atoms with Crippen molar-refractivity contribution in [1.82, 2.24) is 15.5 Å². The number of ether oxygens (including phenoxy) is 1. The van der Waals surface area contributed by atoms with Crippen molar-refractivity contribution in [2.24, 2.45) is 4.99 Å². The molecule has 1 heterocycles. The molecular formula is C20H33IN4O. The summed E-state index contributed by atoms with van der Waals surface area (Å²) < 4.78 is 5.15. The van der Waals surface area contributed by atoms with Crippen molar-refractivity contribution in [2.45, 2.75) is 57.3 Å². The molecule has 0 aromatic heterocycles. The summed E-state index contributed by atoms with van der Waals surface area (Å²) in [7, 11) is 3.57. The normalized spacial score (nSPS) is 21.6. The Balaban J connectivity index is 0.00000243. The summed E-state index contributed by atoms with van der Waals surface area (Å²) >= 11 is 0. The lowest BCUT2D eigenvalue weighted by Gasteiger charge is -2.24. The maximum absolute atomic E-state index is 5.15. The third-order valence-electron chi connectivity index (χ3n) is 5.42. The second-order valence-electron chi connectivity index (χ2n) is 7.24. The molecule has 1 aliphatic carbocycles. The average Bonchev–Trinajstić information content (AvgIpc) is 3.31. The highest BCUT2D eigenvalue weighted by Gasteiger charge is 2.30. The van der Waals surface area contributed by atoms with Crippen LogP contribution in [0.2, 0.25) is 0 Å². The minimum atomic E-state index is 0. The van der Waals surface area contributed by atoms with Crippen LogP contribution in [0.15, 0.2) is 29.3 Å². The minimum Gasteiger partial charge on any atom is -0.380 e. The second kappa shape index (κ2) is 11.1. The standard InChI is InChI=1S/C20H32N4O.HI/c1-21-20(22-13-16-7-9-17(10-8-16)15-25-2)23-18-11-12-24(14-18)19-5-3-4-6-19;/h7-10,18-19H,3-6,11-15H2,1-2H3,(H2,21,22,23);1H. The van der Waals surface area contributed by atoms with Crippen molar-refractivity contribution in [3.63, 3.8) is 0 Å². The Bertz CT molecular complexity index is 557. The van der Waals surface area contributed by atoms with Gasteiger partial charge in [-0.25, -0.2) is 0 Å². The smallest absolute Gasteiger partial charge is 0.191 e. The highest BCUT2D eigenvalue weighted by molar-refractivity contribution is 14.0. The van der Waals surface area contributed by atoms with Crippen LogP contribution in [0.4, 0.5) is 0 Å². The van der Waals surface area contributed by atoms with E-state index in [1.54, 1.807) is 7.11 Å². The van der Waals surface area contributed by atoms with Gasteiger partial charge in [-0.2, -0.15) is 0 Å². The molecule has 5 nitrogen and oxygen atoms in total. The Morgan fingerprint density at radius 2 is 1.85 bits per heavy atom. The Morgan fingerprint density at radius 1 is 1.15 bits per heavy atom. The molecule has 1 aromatic rings. The van der Waals surface area contributed by atoms with Gasteiger partial charge in [0.05, 0.1) is 6.61 Å². The highest BCUT2D eigenvalue weighted by atomic mass is 127. The number of halogens is 1. The number of rotatable bonds is 6. The molecule has 1 saturated carbocycles. The van der Waals surface area contributed by atoms with Gasteiger partial charge < -0.3 is 15.4 Å². The summed E-state index contributed by atoms with van der Waals surface area (Å²) in [6, 6.07) is 9.86. The summed E-state index contributed by atoms with van der Waals surface area (Å²) in [5.41, 5.74) is 2.45. The fourth-order valence-electron chi connectivity index (χ4n) is 4.00. The van der Waals surface area contributed by atoms with Gasteiger partial charge in [-0.15, -0.1) is 24.0 Å². The molecule has 6 heteroatoms. The quantitative estimate of drug-likeness (QED) is 0.380. The van der Waals surface area contributed by atoms with Gasteiger partial charge in [0.25, 0.3) is 0 Å². The molecule has 0 radical (unpaired) electrons. The van der Waals surface area contributed by atoms with Crippen molar-refractivity contribution in [3.8, 4) is 0 Å². The van der Waals surface area contributed by atoms with E-state index < -0.39 is 0 Å². The van der Waals surface area contributed by atoms with E-state index in [1.165, 1.54) is 49.8 Å². The maximum Gasteiger partial charge on any atom is 0.191 e. The number of nitrogens with zero attached hydrogens (tertiary/aromatic N) is 2. The van der Waals surface area contributed by atoms with E-state index in [1.807, 2.05) is 7.05 Å². The second-order valence-corrected chi connectivity index (χ2v) is 7.24. The molecule has 0 spiro atoms. The van der Waals surface area contributed by atoms with E-state index in [2.05, 4.69) is 44.8 Å². The number of guanidine groups is 1. The van der Waals surface area contributed by atoms with Gasteiger partial charge in [-0.05, 0) is 30.4 Å². The first-order valence-electron chi connectivity index (χ1n) is 9.56. The largest absolute Gasteiger partial charge is 0.380 e. The fourth-order valence-corrected chi connectivity index (χ4v) is 4.00. The number of methoxy groups -OCH3 is 1. The summed E-state index contributed by atoms with van der Waals surface area (Å²) in [5, 5.41) is 7.04. The molecule has 26 heavy (non-hydrogen) atoms. The first kappa shape index (κ1) is 21.4. The van der Waals surface area contributed by atoms with E-state index in [4.69, 9.17) is 4.74 Å². The van der Waals surface area contributed by atoms with Gasteiger partial charge in [-0.1, -0.05) is 37.1 Å². The average molecular weight is 472 g/mol. The van der Waals surface area contributed by atoms with Crippen molar-refractivity contribution in [3.05, 3.63) is 35.4 Å². The van der Waals surface area contributed by atoms with Gasteiger partial charge >= 0.3 is 0 Å². The van der Waals surface area contributed by atoms with Gasteiger partial charge in [0.1, 0.15) is 0 Å². The molecule has 1 unspecified atom stereocenters. The number of nitrogens with one attached hydrogen (secondary N) is 2. The predicted molar refractivity (Wildman–Crippen MR) is 118 cm³/mol. The first-order valence-corrected chi connectivity index (χ1v) is 9.56. The van der Waals surface area contributed by atoms with Crippen LogP contribution in [0, 0.1) is 0 Å². The highest BCUT2D eigenvalue weighted by Crippen LogP contribution is 2.26. The van der Waals surface area contributed by atoms with E-state index in [-0.39, 0.29) is 24.0 Å². The zero-order valence-corrected chi connectivity index (χ0v) is 18.4. The van der Waals surface area contributed by atoms with Crippen LogP contribution in [-0.2, 0) is 17.9 Å². The van der Waals surface area contributed by atoms with Crippen LogP contribution < -0.4 is 10.6 Å². The molecule has 1 atom stereocenters. The summed E-state index contributed by atoms with van der Waals surface area (Å²) in [6.45, 7) is 3.82. The summed E-state index contributed by atoms with van der Waals surface area (Å²) in [5.74, 6) is 0.902. The van der Waals surface area contributed by atoms with E-state index in [0.717, 1.165) is 25.1 Å². The molecule has 2 aliphatic rings. The topological polar surface area (TPSA) is 48.9 Å². The van der Waals surface area contributed by atoms with Crippen LogP contribution in [0.1, 0.15) is 43.2 Å². The Labute approximate surface area is 175 Å². The molecule has 1 aliphatic heterocycles. The zero-order chi connectivity index (χ0) is 17.5. The lowest BCUT2D eigenvalue weighted by molar-refractivity contribution is 0.185. The molecule has 0 bridgehead atoms. The minimum absolute atomic E-state index is 0. The summed E-state index contributed by atoms with van der Waals surface area (Å²) in [6.07, 6.45) is 6.80. The van der Waals surface area contributed by atoms with Crippen LogP contribution in [0.25, 0.3) is 0 Å². The molecule has 2 N–H and O–H groups in total. The SMILES string of the molecule is CN=C(NCc1ccc(COC)cc1)NC1CCN(C2CCCC2)C1.I. The fraction of sp³-hybridized carbons (Fsp3) is 0.650. The van der Waals surface area contributed by atoms with Crippen LogP contribution in [0.3, 0.4) is 0 Å². The summed E-state index contributed by atoms with van der Waals surface area (Å²) in [4.78, 5) is 7.07. The van der Waals surface area contributed by atoms with Crippen molar-refractivity contribution < 1.29 is 4.74 Å². The first-order chi connectivity index (χ1) is 12.3. The maximum atomic E-state index is 5.15. The molecule has 146 valence electrons. The van der Waals surface area contributed by atoms with Crippen molar-refractivity contribution >= 4 is 29.9 Å². The predicted octanol–water partition coefficient (Wildman–Crippen LogP) is 3.13. The molecule has 1 aromatic carbocycles. The number of aliphatic imine (C=N–C) groups is 1. The molecule has 2 fully saturated rings. The van der Waals surface area contributed by atoms with Gasteiger partial charge in [0, 0.05) is 45.9 Å². The lowest BCUT2D eigenvalue weighted by Crippen LogP contribution is -2.45. The third kappa shape index (κ3) is 6.09. The van der Waals surface area contributed by atoms with Crippen LogP contribution >= 0.6 is 24.0 Å². The van der Waals surface area contributed by atoms with Crippen molar-refractivity contribution in [2.75, 3.05) is 27.2 Å². The van der Waals surface area contributed by atoms with E-state index in [0.29, 0.717) is 12.6 Å². The Morgan fingerprint density at radius 3 is 2.50 bits per heavy atom. The van der Waals surface area contributed by atoms with Gasteiger partial charge in [0.2, 0.25) is 0 Å². The third-order valence-corrected chi connectivity index (χ3v) is 5.42. The number of hydrogen-bond donors (Lipinski definition) is 2. The number of benzene rings is 1.